The first-order valence-electron chi connectivity index (χ1n) is 7.35. The number of rotatable bonds is 1. The van der Waals surface area contributed by atoms with Gasteiger partial charge in [0.15, 0.2) is 0 Å². The van der Waals surface area contributed by atoms with Crippen LogP contribution >= 0.6 is 11.6 Å². The van der Waals surface area contributed by atoms with Crippen molar-refractivity contribution in [2.24, 2.45) is 5.41 Å². The predicted octanol–water partition coefficient (Wildman–Crippen LogP) is 3.54. The van der Waals surface area contributed by atoms with Crippen LogP contribution in [0.3, 0.4) is 0 Å². The minimum Gasteiger partial charge on any atom is -0.444 e. The summed E-state index contributed by atoms with van der Waals surface area (Å²) < 4.78 is 18.8. The van der Waals surface area contributed by atoms with Gasteiger partial charge in [-0.25, -0.2) is 9.18 Å². The van der Waals surface area contributed by atoms with Crippen molar-refractivity contribution >= 4 is 23.4 Å². The molecule has 6 heteroatoms. The number of anilines is 1. The van der Waals surface area contributed by atoms with Crippen LogP contribution in [0.15, 0.2) is 18.2 Å². The highest BCUT2D eigenvalue weighted by atomic mass is 35.5. The molecule has 4 nitrogen and oxygen atoms in total. The second-order valence-corrected chi connectivity index (χ2v) is 7.70. The summed E-state index contributed by atoms with van der Waals surface area (Å²) in [6.07, 6.45) is -0.255. The van der Waals surface area contributed by atoms with E-state index in [1.807, 2.05) is 26.8 Å². The van der Waals surface area contributed by atoms with E-state index < -0.39 is 11.4 Å². The lowest BCUT2D eigenvalue weighted by Gasteiger charge is -2.60. The highest BCUT2D eigenvalue weighted by Gasteiger charge is 2.54. The van der Waals surface area contributed by atoms with E-state index in [2.05, 4.69) is 4.90 Å². The van der Waals surface area contributed by atoms with Crippen LogP contribution in [0.4, 0.5) is 14.9 Å². The van der Waals surface area contributed by atoms with Gasteiger partial charge in [0.25, 0.3) is 0 Å². The number of nitrogens with zero attached hydrogens (tertiary/aromatic N) is 2. The summed E-state index contributed by atoms with van der Waals surface area (Å²) in [6.45, 7) is 8.64. The van der Waals surface area contributed by atoms with E-state index in [1.54, 1.807) is 11.0 Å². The molecule has 0 N–H and O–H groups in total. The highest BCUT2D eigenvalue weighted by molar-refractivity contribution is 6.30. The van der Waals surface area contributed by atoms with Crippen LogP contribution in [0.1, 0.15) is 20.8 Å². The summed E-state index contributed by atoms with van der Waals surface area (Å²) in [7, 11) is 0. The Hall–Kier alpha value is -1.49. The first-order valence-corrected chi connectivity index (χ1v) is 7.73. The van der Waals surface area contributed by atoms with Crippen molar-refractivity contribution < 1.29 is 13.9 Å². The van der Waals surface area contributed by atoms with Gasteiger partial charge >= 0.3 is 6.09 Å². The zero-order chi connectivity index (χ0) is 16.1. The van der Waals surface area contributed by atoms with Gasteiger partial charge in [-0.3, -0.25) is 0 Å². The molecule has 2 fully saturated rings. The van der Waals surface area contributed by atoms with Gasteiger partial charge in [-0.2, -0.15) is 0 Å². The maximum absolute atomic E-state index is 13.5. The van der Waals surface area contributed by atoms with Crippen molar-refractivity contribution in [1.82, 2.24) is 4.90 Å². The van der Waals surface area contributed by atoms with Crippen molar-refractivity contribution in [2.75, 3.05) is 31.1 Å². The lowest BCUT2D eigenvalue weighted by molar-refractivity contribution is -0.0453. The summed E-state index contributed by atoms with van der Waals surface area (Å²) in [5.41, 5.74) is 0.502. The molecule has 120 valence electrons. The molecule has 3 rings (SSSR count). The van der Waals surface area contributed by atoms with E-state index in [1.165, 1.54) is 6.07 Å². The monoisotopic (exact) mass is 326 g/mol. The zero-order valence-corrected chi connectivity index (χ0v) is 13.8. The van der Waals surface area contributed by atoms with E-state index in [0.717, 1.165) is 18.8 Å². The number of halogens is 2. The topological polar surface area (TPSA) is 32.8 Å². The molecular formula is C16H20ClFN2O2. The largest absolute Gasteiger partial charge is 0.444 e. The van der Waals surface area contributed by atoms with Crippen LogP contribution in [0.5, 0.6) is 0 Å². The number of carbonyl (C=O) groups is 1. The van der Waals surface area contributed by atoms with Gasteiger partial charge in [-0.05, 0) is 39.0 Å². The van der Waals surface area contributed by atoms with Gasteiger partial charge in [0, 0.05) is 37.3 Å². The van der Waals surface area contributed by atoms with Crippen LogP contribution in [0.2, 0.25) is 5.02 Å². The smallest absolute Gasteiger partial charge is 0.410 e. The maximum Gasteiger partial charge on any atom is 0.410 e. The fraction of sp³-hybridized carbons (Fsp3) is 0.562. The number of likely N-dealkylation sites (tertiary alicyclic amines) is 1. The van der Waals surface area contributed by atoms with Crippen LogP contribution in [0.25, 0.3) is 0 Å². The SMILES string of the molecule is CC(C)(C)OC(=O)N1CC2(C1)CN(c1ccc(Cl)c(F)c1)C2. The summed E-state index contributed by atoms with van der Waals surface area (Å²) in [4.78, 5) is 15.8. The predicted molar refractivity (Wildman–Crippen MR) is 83.9 cm³/mol. The number of carbonyl (C=O) groups excluding carboxylic acids is 1. The lowest BCUT2D eigenvalue weighted by atomic mass is 9.73. The average molecular weight is 327 g/mol. The van der Waals surface area contributed by atoms with E-state index in [0.29, 0.717) is 13.1 Å². The van der Waals surface area contributed by atoms with Gasteiger partial charge < -0.3 is 14.5 Å². The third-order valence-electron chi connectivity index (χ3n) is 4.03. The Morgan fingerprint density at radius 2 is 1.91 bits per heavy atom. The van der Waals surface area contributed by atoms with Crippen molar-refractivity contribution in [1.29, 1.82) is 0 Å². The molecule has 2 aliphatic heterocycles. The molecule has 1 amide bonds. The molecule has 0 unspecified atom stereocenters. The summed E-state index contributed by atoms with van der Waals surface area (Å²) >= 11 is 5.70. The molecule has 0 bridgehead atoms. The molecule has 2 saturated heterocycles. The molecule has 0 aromatic heterocycles. The Morgan fingerprint density at radius 3 is 2.45 bits per heavy atom. The van der Waals surface area contributed by atoms with E-state index in [9.17, 15) is 9.18 Å². The number of amides is 1. The zero-order valence-electron chi connectivity index (χ0n) is 13.0. The van der Waals surface area contributed by atoms with Gasteiger partial charge in [0.1, 0.15) is 11.4 Å². The molecule has 1 aromatic carbocycles. The normalized spacial score (nSPS) is 19.7. The third kappa shape index (κ3) is 2.86. The van der Waals surface area contributed by atoms with E-state index in [4.69, 9.17) is 16.3 Å². The summed E-state index contributed by atoms with van der Waals surface area (Å²) in [5.74, 6) is -0.399. The van der Waals surface area contributed by atoms with Crippen molar-refractivity contribution in [3.05, 3.63) is 29.0 Å². The first kappa shape index (κ1) is 15.4. The second-order valence-electron chi connectivity index (χ2n) is 7.29. The van der Waals surface area contributed by atoms with Crippen molar-refractivity contribution in [3.8, 4) is 0 Å². The van der Waals surface area contributed by atoms with Crippen molar-refractivity contribution in [3.63, 3.8) is 0 Å². The molecule has 2 heterocycles. The first-order chi connectivity index (χ1) is 10.2. The van der Waals surface area contributed by atoms with Gasteiger partial charge in [0.05, 0.1) is 5.02 Å². The molecule has 0 saturated carbocycles. The Morgan fingerprint density at radius 1 is 1.27 bits per heavy atom. The average Bonchev–Trinajstić information content (AvgIpc) is 2.27. The fourth-order valence-electron chi connectivity index (χ4n) is 3.05. The molecule has 0 atom stereocenters. The van der Waals surface area contributed by atoms with Gasteiger partial charge in [-0.1, -0.05) is 11.6 Å². The number of hydrogen-bond donors (Lipinski definition) is 0. The molecule has 0 aliphatic carbocycles. The molecule has 1 spiro atoms. The molecule has 1 aromatic rings. The van der Waals surface area contributed by atoms with Crippen molar-refractivity contribution in [2.45, 2.75) is 26.4 Å². The minimum atomic E-state index is -0.466. The van der Waals surface area contributed by atoms with E-state index >= 15 is 0 Å². The van der Waals surface area contributed by atoms with Crippen LogP contribution in [-0.4, -0.2) is 42.8 Å². The number of ether oxygens (including phenoxy) is 1. The standard InChI is InChI=1S/C16H20ClFN2O2/c1-15(2,3)22-14(21)20-9-16(10-20)7-19(8-16)11-4-5-12(17)13(18)6-11/h4-6H,7-10H2,1-3H3. The van der Waals surface area contributed by atoms with Gasteiger partial charge in [-0.15, -0.1) is 0 Å². The quantitative estimate of drug-likeness (QED) is 0.791. The molecule has 22 heavy (non-hydrogen) atoms. The third-order valence-corrected chi connectivity index (χ3v) is 4.33. The summed E-state index contributed by atoms with van der Waals surface area (Å²) in [6, 6.07) is 4.85. The lowest BCUT2D eigenvalue weighted by Crippen LogP contribution is -2.73. The van der Waals surface area contributed by atoms with E-state index in [-0.39, 0.29) is 16.5 Å². The minimum absolute atomic E-state index is 0.132. The van der Waals surface area contributed by atoms with Crippen LogP contribution in [0, 0.1) is 11.2 Å². The molecule has 0 radical (unpaired) electrons. The maximum atomic E-state index is 13.5. The number of hydrogen-bond acceptors (Lipinski definition) is 3. The molecular weight excluding hydrogens is 307 g/mol. The van der Waals surface area contributed by atoms with Crippen LogP contribution in [-0.2, 0) is 4.74 Å². The number of benzene rings is 1. The summed E-state index contributed by atoms with van der Waals surface area (Å²) in [5, 5.41) is 0.138. The fourth-order valence-corrected chi connectivity index (χ4v) is 3.16. The Kier molecular flexibility index (Phi) is 3.51. The van der Waals surface area contributed by atoms with Crippen LogP contribution < -0.4 is 4.90 Å². The van der Waals surface area contributed by atoms with Gasteiger partial charge in [0.2, 0.25) is 0 Å². The highest BCUT2D eigenvalue weighted by Crippen LogP contribution is 2.42. The molecule has 2 aliphatic rings. The Balaban J connectivity index is 1.52. The Bertz CT molecular complexity index is 601. The second kappa shape index (κ2) is 5.01. The Labute approximate surface area is 134 Å².